The molecule has 1 unspecified atom stereocenters. The third kappa shape index (κ3) is 2.92. The minimum Gasteiger partial charge on any atom is -0.481 e. The zero-order chi connectivity index (χ0) is 16.0. The molecule has 9 heteroatoms. The highest BCUT2D eigenvalue weighted by molar-refractivity contribution is 9.10. The number of halogens is 5. The molecule has 4 nitrogen and oxygen atoms in total. The highest BCUT2D eigenvalue weighted by atomic mass is 79.9. The van der Waals surface area contributed by atoms with Crippen LogP contribution in [0.4, 0.5) is 17.6 Å². The number of ether oxygens (including phenoxy) is 2. The van der Waals surface area contributed by atoms with Crippen LogP contribution in [0, 0.1) is 5.92 Å². The maximum Gasteiger partial charge on any atom is 0.507 e. The number of fused-ring (bicyclic) bond motifs is 1. The van der Waals surface area contributed by atoms with Crippen molar-refractivity contribution in [1.82, 2.24) is 0 Å². The summed E-state index contributed by atoms with van der Waals surface area (Å²) in [6.45, 7) is 1.42. The van der Waals surface area contributed by atoms with Crippen molar-refractivity contribution in [3.8, 4) is 11.5 Å². The van der Waals surface area contributed by atoms with Crippen LogP contribution in [0.15, 0.2) is 16.6 Å². The lowest BCUT2D eigenvalue weighted by Gasteiger charge is -2.32. The van der Waals surface area contributed by atoms with Gasteiger partial charge in [-0.05, 0) is 24.1 Å². The molecule has 0 saturated carbocycles. The molecule has 0 aliphatic carbocycles. The number of aliphatic carboxylic acids is 1. The summed E-state index contributed by atoms with van der Waals surface area (Å²) >= 11 is 3.06. The maximum absolute atomic E-state index is 13.1. The van der Waals surface area contributed by atoms with Gasteiger partial charge >= 0.3 is 18.2 Å². The molecule has 1 aromatic rings. The van der Waals surface area contributed by atoms with Gasteiger partial charge in [0.15, 0.2) is 11.5 Å². The molecule has 0 spiro atoms. The Kier molecular flexibility index (Phi) is 3.81. The summed E-state index contributed by atoms with van der Waals surface area (Å²) in [5.41, 5.74) is 0.327. The number of alkyl halides is 4. The van der Waals surface area contributed by atoms with Gasteiger partial charge in [-0.15, -0.1) is 0 Å². The molecule has 1 atom stereocenters. The lowest BCUT2D eigenvalue weighted by Crippen LogP contribution is -2.52. The van der Waals surface area contributed by atoms with Crippen LogP contribution in [0.2, 0.25) is 0 Å². The van der Waals surface area contributed by atoms with E-state index in [1.807, 2.05) is 0 Å². The molecule has 0 saturated heterocycles. The second kappa shape index (κ2) is 5.04. The van der Waals surface area contributed by atoms with Gasteiger partial charge in [-0.3, -0.25) is 4.79 Å². The first-order chi connectivity index (χ1) is 9.53. The summed E-state index contributed by atoms with van der Waals surface area (Å²) in [5, 5.41) is 8.83. The number of carboxylic acids is 1. The van der Waals surface area contributed by atoms with Crippen molar-refractivity contribution in [1.29, 1.82) is 0 Å². The van der Waals surface area contributed by atoms with E-state index in [0.717, 1.165) is 12.1 Å². The molecule has 1 heterocycles. The summed E-state index contributed by atoms with van der Waals surface area (Å²) in [6, 6.07) is 2.10. The van der Waals surface area contributed by atoms with Gasteiger partial charge in [-0.25, -0.2) is 0 Å². The average molecular weight is 373 g/mol. The van der Waals surface area contributed by atoms with E-state index in [1.165, 1.54) is 6.92 Å². The summed E-state index contributed by atoms with van der Waals surface area (Å²) in [7, 11) is 0. The van der Waals surface area contributed by atoms with Gasteiger partial charge in [-0.1, -0.05) is 22.9 Å². The van der Waals surface area contributed by atoms with Crippen molar-refractivity contribution in [2.24, 2.45) is 5.92 Å². The van der Waals surface area contributed by atoms with Gasteiger partial charge in [0, 0.05) is 4.47 Å². The molecule has 1 N–H and O–H groups in total. The van der Waals surface area contributed by atoms with E-state index >= 15 is 0 Å². The minimum atomic E-state index is -4.80. The lowest BCUT2D eigenvalue weighted by atomic mass is 10.0. The maximum atomic E-state index is 13.1. The van der Waals surface area contributed by atoms with Crippen LogP contribution in [0.25, 0.3) is 0 Å². The number of carbonyl (C=O) groups is 1. The Morgan fingerprint density at radius 2 is 1.71 bits per heavy atom. The molecule has 116 valence electrons. The van der Waals surface area contributed by atoms with Gasteiger partial charge in [0.1, 0.15) is 0 Å². The van der Waals surface area contributed by atoms with Crippen molar-refractivity contribution < 1.29 is 36.9 Å². The molecule has 0 aromatic heterocycles. The quantitative estimate of drug-likeness (QED) is 0.822. The van der Waals surface area contributed by atoms with E-state index in [-0.39, 0.29) is 10.9 Å². The number of benzene rings is 1. The monoisotopic (exact) mass is 372 g/mol. The molecular formula is C12H9BrF4O4. The number of hydrogen-bond acceptors (Lipinski definition) is 3. The van der Waals surface area contributed by atoms with E-state index in [9.17, 15) is 22.4 Å². The van der Waals surface area contributed by atoms with Gasteiger partial charge in [0.05, 0.1) is 5.92 Å². The first kappa shape index (κ1) is 15.9. The average Bonchev–Trinajstić information content (AvgIpc) is 2.32. The predicted molar refractivity (Wildman–Crippen MR) is 65.8 cm³/mol. The molecule has 1 aliphatic heterocycles. The minimum absolute atomic E-state index is 0.00845. The SMILES string of the molecule is CC(Cc1cc2c(cc1Br)OC(F)(F)C(F)(F)O2)C(=O)O. The molecule has 1 aliphatic rings. The Bertz CT molecular complexity index is 591. The Morgan fingerprint density at radius 1 is 1.24 bits per heavy atom. The van der Waals surface area contributed by atoms with E-state index in [2.05, 4.69) is 25.4 Å². The summed E-state index contributed by atoms with van der Waals surface area (Å²) in [4.78, 5) is 10.8. The fraction of sp³-hybridized carbons (Fsp3) is 0.417. The van der Waals surface area contributed by atoms with E-state index in [1.54, 1.807) is 0 Å². The number of carboxylic acid groups (broad SMARTS) is 1. The van der Waals surface area contributed by atoms with Gasteiger partial charge in [0.2, 0.25) is 0 Å². The topological polar surface area (TPSA) is 55.8 Å². The molecule has 0 bridgehead atoms. The standard InChI is InChI=1S/C12H9BrF4O4/c1-5(10(18)19)2-6-3-8-9(4-7(6)13)21-12(16,17)11(14,15)20-8/h3-5H,2H2,1H3,(H,18,19). The fourth-order valence-corrected chi connectivity index (χ4v) is 2.19. The molecule has 1 aromatic carbocycles. The van der Waals surface area contributed by atoms with Crippen LogP contribution < -0.4 is 9.47 Å². The first-order valence-corrected chi connectivity index (χ1v) is 6.51. The molecule has 2 rings (SSSR count). The highest BCUT2D eigenvalue weighted by Gasteiger charge is 2.66. The largest absolute Gasteiger partial charge is 0.507 e. The van der Waals surface area contributed by atoms with Gasteiger partial charge < -0.3 is 14.6 Å². The van der Waals surface area contributed by atoms with Crippen molar-refractivity contribution in [2.75, 3.05) is 0 Å². The number of hydrogen-bond donors (Lipinski definition) is 1. The second-order valence-corrected chi connectivity index (χ2v) is 5.43. The first-order valence-electron chi connectivity index (χ1n) is 5.72. The summed E-state index contributed by atoms with van der Waals surface area (Å²) in [6.07, 6.45) is -9.58. The Labute approximate surface area is 124 Å². The third-order valence-electron chi connectivity index (χ3n) is 2.88. The van der Waals surface area contributed by atoms with E-state index < -0.39 is 35.6 Å². The highest BCUT2D eigenvalue weighted by Crippen LogP contribution is 2.48. The molecule has 0 radical (unpaired) electrons. The van der Waals surface area contributed by atoms with Crippen LogP contribution in [0.1, 0.15) is 12.5 Å². The van der Waals surface area contributed by atoms with Crippen LogP contribution in [-0.4, -0.2) is 23.3 Å². The normalized spacial score (nSPS) is 19.9. The smallest absolute Gasteiger partial charge is 0.481 e. The Hall–Kier alpha value is -1.51. The van der Waals surface area contributed by atoms with E-state index in [0.29, 0.717) is 5.56 Å². The van der Waals surface area contributed by atoms with Crippen LogP contribution in [0.5, 0.6) is 11.5 Å². The predicted octanol–water partition coefficient (Wildman–Crippen LogP) is 3.67. The van der Waals surface area contributed by atoms with Crippen molar-refractivity contribution in [3.63, 3.8) is 0 Å². The van der Waals surface area contributed by atoms with E-state index in [4.69, 9.17) is 5.11 Å². The van der Waals surface area contributed by atoms with Crippen molar-refractivity contribution in [2.45, 2.75) is 25.6 Å². The van der Waals surface area contributed by atoms with Crippen molar-refractivity contribution in [3.05, 3.63) is 22.2 Å². The summed E-state index contributed by atoms with van der Waals surface area (Å²) in [5.74, 6) is -2.98. The molecule has 21 heavy (non-hydrogen) atoms. The summed E-state index contributed by atoms with van der Waals surface area (Å²) < 4.78 is 60.4. The number of rotatable bonds is 3. The van der Waals surface area contributed by atoms with Crippen LogP contribution in [-0.2, 0) is 11.2 Å². The third-order valence-corrected chi connectivity index (χ3v) is 3.61. The van der Waals surface area contributed by atoms with Crippen LogP contribution in [0.3, 0.4) is 0 Å². The molecular weight excluding hydrogens is 364 g/mol. The Morgan fingerprint density at radius 3 is 2.19 bits per heavy atom. The Balaban J connectivity index is 2.37. The fourth-order valence-electron chi connectivity index (χ4n) is 1.71. The second-order valence-electron chi connectivity index (χ2n) is 4.57. The molecule has 0 fully saturated rings. The lowest BCUT2D eigenvalue weighted by molar-refractivity contribution is -0.391. The van der Waals surface area contributed by atoms with Crippen molar-refractivity contribution >= 4 is 21.9 Å². The zero-order valence-electron chi connectivity index (χ0n) is 10.5. The zero-order valence-corrected chi connectivity index (χ0v) is 12.1. The van der Waals surface area contributed by atoms with Crippen LogP contribution >= 0.6 is 15.9 Å². The van der Waals surface area contributed by atoms with Gasteiger partial charge in [-0.2, -0.15) is 17.6 Å². The molecule has 0 amide bonds. The van der Waals surface area contributed by atoms with Gasteiger partial charge in [0.25, 0.3) is 0 Å².